The SMILES string of the molecule is C/C(=C\COc1ccc(CC(C)C(=O)O)cc1)c1ccc(-c2cc(Cl)ccc2C)cc1. The summed E-state index contributed by atoms with van der Waals surface area (Å²) in [6.07, 6.45) is 2.57. The van der Waals surface area contributed by atoms with Crippen LogP contribution in [0.25, 0.3) is 16.7 Å². The lowest BCUT2D eigenvalue weighted by atomic mass is 9.98. The maximum Gasteiger partial charge on any atom is 0.306 e. The van der Waals surface area contributed by atoms with Crippen molar-refractivity contribution >= 4 is 23.1 Å². The molecule has 0 aromatic heterocycles. The molecule has 0 spiro atoms. The van der Waals surface area contributed by atoms with Gasteiger partial charge >= 0.3 is 5.97 Å². The maximum atomic E-state index is 11.0. The molecule has 1 unspecified atom stereocenters. The molecule has 3 nitrogen and oxygen atoms in total. The molecule has 3 rings (SSSR count). The molecule has 0 bridgehead atoms. The number of rotatable bonds is 8. The van der Waals surface area contributed by atoms with E-state index in [2.05, 4.69) is 44.2 Å². The van der Waals surface area contributed by atoms with Crippen LogP contribution in [0.2, 0.25) is 5.02 Å². The van der Waals surface area contributed by atoms with Crippen LogP contribution in [0.3, 0.4) is 0 Å². The minimum atomic E-state index is -0.781. The van der Waals surface area contributed by atoms with E-state index in [1.54, 1.807) is 6.92 Å². The Balaban J connectivity index is 1.59. The molecule has 3 aromatic carbocycles. The third-order valence-electron chi connectivity index (χ3n) is 5.38. The molecule has 0 amide bonds. The first-order chi connectivity index (χ1) is 14.8. The topological polar surface area (TPSA) is 46.5 Å². The van der Waals surface area contributed by atoms with Crippen LogP contribution in [-0.4, -0.2) is 17.7 Å². The average Bonchev–Trinajstić information content (AvgIpc) is 2.76. The first-order valence-electron chi connectivity index (χ1n) is 10.3. The van der Waals surface area contributed by atoms with Gasteiger partial charge in [-0.1, -0.05) is 61.0 Å². The fraction of sp³-hybridized carbons (Fsp3) is 0.222. The van der Waals surface area contributed by atoms with E-state index in [9.17, 15) is 4.79 Å². The molecule has 4 heteroatoms. The van der Waals surface area contributed by atoms with Gasteiger partial charge in [0.2, 0.25) is 0 Å². The van der Waals surface area contributed by atoms with Crippen molar-refractivity contribution in [2.24, 2.45) is 5.92 Å². The standard InChI is InChI=1S/C27H27ClO3/c1-18(14-15-31-25-12-5-21(6-13-25)16-20(3)27(29)30)22-7-9-23(10-8-22)26-17-24(28)11-4-19(26)2/h4-14,17,20H,15-16H2,1-3H3,(H,29,30)/b18-14+. The minimum Gasteiger partial charge on any atom is -0.490 e. The van der Waals surface area contributed by atoms with Crippen molar-refractivity contribution in [2.45, 2.75) is 27.2 Å². The highest BCUT2D eigenvalue weighted by Gasteiger charge is 2.11. The number of aliphatic carboxylic acids is 1. The van der Waals surface area contributed by atoms with E-state index < -0.39 is 11.9 Å². The number of ether oxygens (including phenoxy) is 1. The monoisotopic (exact) mass is 434 g/mol. The van der Waals surface area contributed by atoms with Crippen LogP contribution in [0, 0.1) is 12.8 Å². The highest BCUT2D eigenvalue weighted by atomic mass is 35.5. The molecule has 0 heterocycles. The average molecular weight is 435 g/mol. The summed E-state index contributed by atoms with van der Waals surface area (Å²) in [5.41, 5.74) is 6.76. The van der Waals surface area contributed by atoms with Crippen LogP contribution < -0.4 is 4.74 Å². The molecular weight excluding hydrogens is 408 g/mol. The second-order valence-corrected chi connectivity index (χ2v) is 8.26. The number of aryl methyl sites for hydroxylation is 1. The van der Waals surface area contributed by atoms with Crippen LogP contribution >= 0.6 is 11.6 Å². The third-order valence-corrected chi connectivity index (χ3v) is 5.61. The van der Waals surface area contributed by atoms with Crippen LogP contribution in [0.5, 0.6) is 5.75 Å². The van der Waals surface area contributed by atoms with E-state index in [0.29, 0.717) is 13.0 Å². The Morgan fingerprint density at radius 1 is 1.06 bits per heavy atom. The van der Waals surface area contributed by atoms with Crippen molar-refractivity contribution < 1.29 is 14.6 Å². The van der Waals surface area contributed by atoms with E-state index in [1.165, 1.54) is 5.56 Å². The smallest absolute Gasteiger partial charge is 0.306 e. The molecule has 0 aliphatic rings. The zero-order valence-electron chi connectivity index (χ0n) is 18.1. The lowest BCUT2D eigenvalue weighted by Crippen LogP contribution is -2.12. The lowest BCUT2D eigenvalue weighted by molar-refractivity contribution is -0.141. The van der Waals surface area contributed by atoms with Crippen LogP contribution in [0.4, 0.5) is 0 Å². The van der Waals surface area contributed by atoms with Gasteiger partial charge in [0.1, 0.15) is 12.4 Å². The Morgan fingerprint density at radius 2 is 1.74 bits per heavy atom. The summed E-state index contributed by atoms with van der Waals surface area (Å²) in [5.74, 6) is -0.411. The molecule has 0 fully saturated rings. The number of allylic oxidation sites excluding steroid dienone is 1. The molecule has 0 aliphatic carbocycles. The quantitative estimate of drug-likeness (QED) is 0.412. The summed E-state index contributed by atoms with van der Waals surface area (Å²) in [6.45, 7) is 6.33. The van der Waals surface area contributed by atoms with Gasteiger partial charge in [0.05, 0.1) is 5.92 Å². The van der Waals surface area contributed by atoms with E-state index in [1.807, 2.05) is 42.5 Å². The number of carbonyl (C=O) groups is 1. The summed E-state index contributed by atoms with van der Waals surface area (Å²) in [5, 5.41) is 9.76. The molecule has 1 N–H and O–H groups in total. The van der Waals surface area contributed by atoms with Crippen LogP contribution in [0.1, 0.15) is 30.5 Å². The second kappa shape index (κ2) is 10.3. The highest BCUT2D eigenvalue weighted by molar-refractivity contribution is 6.30. The molecule has 0 saturated carbocycles. The zero-order valence-corrected chi connectivity index (χ0v) is 18.8. The van der Waals surface area contributed by atoms with Crippen LogP contribution in [-0.2, 0) is 11.2 Å². The van der Waals surface area contributed by atoms with Gasteiger partial charge in [-0.3, -0.25) is 4.79 Å². The molecule has 160 valence electrons. The third kappa shape index (κ3) is 6.22. The number of carboxylic acid groups (broad SMARTS) is 1. The molecule has 0 radical (unpaired) electrons. The van der Waals surface area contributed by atoms with E-state index in [0.717, 1.165) is 38.6 Å². The Morgan fingerprint density at radius 3 is 2.39 bits per heavy atom. The van der Waals surface area contributed by atoms with Crippen LogP contribution in [0.15, 0.2) is 72.8 Å². The largest absolute Gasteiger partial charge is 0.490 e. The first-order valence-corrected chi connectivity index (χ1v) is 10.7. The van der Waals surface area contributed by atoms with Crippen molar-refractivity contribution in [3.8, 4) is 16.9 Å². The zero-order chi connectivity index (χ0) is 22.4. The van der Waals surface area contributed by atoms with E-state index in [4.69, 9.17) is 21.4 Å². The highest BCUT2D eigenvalue weighted by Crippen LogP contribution is 2.28. The maximum absolute atomic E-state index is 11.0. The molecule has 3 aromatic rings. The minimum absolute atomic E-state index is 0.397. The normalized spacial score (nSPS) is 12.5. The summed E-state index contributed by atoms with van der Waals surface area (Å²) in [4.78, 5) is 11.0. The van der Waals surface area contributed by atoms with Gasteiger partial charge in [0.25, 0.3) is 0 Å². The molecular formula is C27H27ClO3. The van der Waals surface area contributed by atoms with Gasteiger partial charge in [0, 0.05) is 5.02 Å². The van der Waals surface area contributed by atoms with Crippen molar-refractivity contribution in [1.82, 2.24) is 0 Å². The van der Waals surface area contributed by atoms with Gasteiger partial charge in [-0.15, -0.1) is 0 Å². The summed E-state index contributed by atoms with van der Waals surface area (Å²) in [6, 6.07) is 22.0. The van der Waals surface area contributed by atoms with Gasteiger partial charge in [-0.05, 0) is 84.0 Å². The van der Waals surface area contributed by atoms with Gasteiger partial charge in [-0.2, -0.15) is 0 Å². The summed E-state index contributed by atoms with van der Waals surface area (Å²) in [7, 11) is 0. The van der Waals surface area contributed by atoms with Gasteiger partial charge in [0.15, 0.2) is 0 Å². The summed E-state index contributed by atoms with van der Waals surface area (Å²) >= 11 is 6.15. The van der Waals surface area contributed by atoms with Gasteiger partial charge in [-0.25, -0.2) is 0 Å². The fourth-order valence-electron chi connectivity index (χ4n) is 3.36. The Labute approximate surface area is 189 Å². The van der Waals surface area contributed by atoms with Crippen molar-refractivity contribution in [2.75, 3.05) is 6.61 Å². The van der Waals surface area contributed by atoms with E-state index in [-0.39, 0.29) is 0 Å². The number of benzene rings is 3. The fourth-order valence-corrected chi connectivity index (χ4v) is 3.53. The molecule has 0 saturated heterocycles. The van der Waals surface area contributed by atoms with Crippen molar-refractivity contribution in [3.63, 3.8) is 0 Å². The summed E-state index contributed by atoms with van der Waals surface area (Å²) < 4.78 is 5.82. The Hall–Kier alpha value is -3.04. The number of halogens is 1. The molecule has 1 atom stereocenters. The second-order valence-electron chi connectivity index (χ2n) is 7.82. The predicted molar refractivity (Wildman–Crippen MR) is 128 cm³/mol. The molecule has 0 aliphatic heterocycles. The predicted octanol–water partition coefficient (Wildman–Crippen LogP) is 7.06. The van der Waals surface area contributed by atoms with Crippen molar-refractivity contribution in [3.05, 3.63) is 94.5 Å². The van der Waals surface area contributed by atoms with Gasteiger partial charge < -0.3 is 9.84 Å². The number of hydrogen-bond acceptors (Lipinski definition) is 2. The van der Waals surface area contributed by atoms with E-state index >= 15 is 0 Å². The lowest BCUT2D eigenvalue weighted by Gasteiger charge is -2.10. The Bertz CT molecular complexity index is 1070. The molecule has 31 heavy (non-hydrogen) atoms. The number of carboxylic acids is 1. The first kappa shape index (κ1) is 22.6. The Kier molecular flexibility index (Phi) is 7.54. The number of hydrogen-bond donors (Lipinski definition) is 1. The van der Waals surface area contributed by atoms with Crippen molar-refractivity contribution in [1.29, 1.82) is 0 Å².